The van der Waals surface area contributed by atoms with E-state index in [0.717, 1.165) is 16.8 Å². The average Bonchev–Trinajstić information content (AvgIpc) is 2.44. The lowest BCUT2D eigenvalue weighted by molar-refractivity contribution is 0.0988. The number of benzene rings is 1. The van der Waals surface area contributed by atoms with E-state index in [1.807, 2.05) is 39.0 Å². The number of aromatic nitrogens is 1. The third-order valence-electron chi connectivity index (χ3n) is 3.19. The van der Waals surface area contributed by atoms with Crippen molar-refractivity contribution in [3.8, 4) is 0 Å². The summed E-state index contributed by atoms with van der Waals surface area (Å²) < 4.78 is 0. The molecule has 0 saturated heterocycles. The topological polar surface area (TPSA) is 33.2 Å². The highest BCUT2D eigenvalue weighted by atomic mass is 35.5. The first-order valence-corrected chi connectivity index (χ1v) is 6.91. The first kappa shape index (κ1) is 14.5. The molecule has 1 amide bonds. The molecule has 0 radical (unpaired) electrons. The molecule has 2 aromatic rings. The van der Waals surface area contributed by atoms with Gasteiger partial charge in [-0.3, -0.25) is 4.79 Å². The van der Waals surface area contributed by atoms with Crippen molar-refractivity contribution in [1.29, 1.82) is 0 Å². The average molecular weight is 289 g/mol. The van der Waals surface area contributed by atoms with Gasteiger partial charge in [0.25, 0.3) is 5.91 Å². The van der Waals surface area contributed by atoms with Gasteiger partial charge in [0.15, 0.2) is 0 Å². The Bertz CT molecular complexity index is 623. The monoisotopic (exact) mass is 288 g/mol. The van der Waals surface area contributed by atoms with Gasteiger partial charge in [-0.1, -0.05) is 23.7 Å². The second-order valence-corrected chi connectivity index (χ2v) is 5.10. The first-order chi connectivity index (χ1) is 9.52. The van der Waals surface area contributed by atoms with Crippen LogP contribution in [0, 0.1) is 13.8 Å². The lowest BCUT2D eigenvalue weighted by Gasteiger charge is -2.23. The molecule has 0 atom stereocenters. The van der Waals surface area contributed by atoms with E-state index in [1.165, 1.54) is 6.20 Å². The predicted octanol–water partition coefficient (Wildman–Crippen LogP) is 4.02. The number of nitrogens with zero attached hydrogens (tertiary/aromatic N) is 2. The zero-order valence-corrected chi connectivity index (χ0v) is 12.6. The summed E-state index contributed by atoms with van der Waals surface area (Å²) in [7, 11) is 0. The predicted molar refractivity (Wildman–Crippen MR) is 82.5 cm³/mol. The molecule has 0 aliphatic carbocycles. The minimum absolute atomic E-state index is 0.0645. The Kier molecular flexibility index (Phi) is 4.40. The van der Waals surface area contributed by atoms with Crippen molar-refractivity contribution < 1.29 is 4.79 Å². The van der Waals surface area contributed by atoms with Crippen molar-refractivity contribution in [3.05, 3.63) is 58.4 Å². The second kappa shape index (κ2) is 6.06. The van der Waals surface area contributed by atoms with Crippen LogP contribution in [0.25, 0.3) is 0 Å². The minimum atomic E-state index is -0.0645. The number of pyridine rings is 1. The summed E-state index contributed by atoms with van der Waals surface area (Å²) in [5.41, 5.74) is 3.68. The lowest BCUT2D eigenvalue weighted by Crippen LogP contribution is -2.31. The maximum absolute atomic E-state index is 12.6. The summed E-state index contributed by atoms with van der Waals surface area (Å²) in [6, 6.07) is 9.43. The molecule has 1 aromatic carbocycles. The molecule has 1 aromatic heterocycles. The Morgan fingerprint density at radius 1 is 1.25 bits per heavy atom. The summed E-state index contributed by atoms with van der Waals surface area (Å²) in [4.78, 5) is 18.3. The van der Waals surface area contributed by atoms with Crippen LogP contribution in [-0.2, 0) is 0 Å². The van der Waals surface area contributed by atoms with E-state index in [9.17, 15) is 4.79 Å². The number of carbonyl (C=O) groups excluding carboxylic acids is 1. The van der Waals surface area contributed by atoms with E-state index < -0.39 is 0 Å². The highest BCUT2D eigenvalue weighted by molar-refractivity contribution is 6.29. The fraction of sp³-hybridized carbons (Fsp3) is 0.250. The highest BCUT2D eigenvalue weighted by Gasteiger charge is 2.18. The Morgan fingerprint density at radius 3 is 2.60 bits per heavy atom. The number of hydrogen-bond donors (Lipinski definition) is 0. The molecular formula is C16H17ClN2O. The van der Waals surface area contributed by atoms with E-state index >= 15 is 0 Å². The molecule has 0 fully saturated rings. The SMILES string of the molecule is CCN(C(=O)c1ccc(Cl)nc1)c1cc(C)ccc1C. The minimum Gasteiger partial charge on any atom is -0.308 e. The molecule has 0 bridgehead atoms. The summed E-state index contributed by atoms with van der Waals surface area (Å²) in [6.45, 7) is 6.59. The number of hydrogen-bond acceptors (Lipinski definition) is 2. The fourth-order valence-corrected chi connectivity index (χ4v) is 2.20. The molecule has 0 N–H and O–H groups in total. The molecule has 0 spiro atoms. The normalized spacial score (nSPS) is 10.4. The zero-order chi connectivity index (χ0) is 14.7. The van der Waals surface area contributed by atoms with Gasteiger partial charge < -0.3 is 4.90 Å². The van der Waals surface area contributed by atoms with Crippen LogP contribution in [0.1, 0.15) is 28.4 Å². The van der Waals surface area contributed by atoms with E-state index in [-0.39, 0.29) is 5.91 Å². The Labute approximate surface area is 124 Å². The van der Waals surface area contributed by atoms with E-state index in [4.69, 9.17) is 11.6 Å². The van der Waals surface area contributed by atoms with E-state index in [2.05, 4.69) is 4.98 Å². The van der Waals surface area contributed by atoms with Gasteiger partial charge in [-0.15, -0.1) is 0 Å². The molecule has 0 aliphatic heterocycles. The standard InChI is InChI=1S/C16H17ClN2O/c1-4-19(14-9-11(2)5-6-12(14)3)16(20)13-7-8-15(17)18-10-13/h5-10H,4H2,1-3H3. The van der Waals surface area contributed by atoms with Crippen molar-refractivity contribution in [3.63, 3.8) is 0 Å². The summed E-state index contributed by atoms with van der Waals surface area (Å²) in [5, 5.41) is 0.385. The van der Waals surface area contributed by atoms with Crippen molar-refractivity contribution >= 4 is 23.2 Å². The lowest BCUT2D eigenvalue weighted by atomic mass is 10.1. The number of anilines is 1. The van der Waals surface area contributed by atoms with Gasteiger partial charge in [-0.2, -0.15) is 0 Å². The number of aryl methyl sites for hydroxylation is 2. The van der Waals surface area contributed by atoms with Gasteiger partial charge in [0.05, 0.1) is 5.56 Å². The summed E-state index contributed by atoms with van der Waals surface area (Å²) in [5.74, 6) is -0.0645. The molecule has 0 unspecified atom stereocenters. The van der Waals surface area contributed by atoms with Crippen LogP contribution >= 0.6 is 11.6 Å². The molecular weight excluding hydrogens is 272 g/mol. The Morgan fingerprint density at radius 2 is 2.00 bits per heavy atom. The number of amides is 1. The first-order valence-electron chi connectivity index (χ1n) is 6.53. The number of carbonyl (C=O) groups is 1. The number of rotatable bonds is 3. The van der Waals surface area contributed by atoms with Gasteiger partial charge in [-0.25, -0.2) is 4.98 Å². The van der Waals surface area contributed by atoms with Gasteiger partial charge in [-0.05, 0) is 50.1 Å². The largest absolute Gasteiger partial charge is 0.308 e. The number of halogens is 1. The van der Waals surface area contributed by atoms with Crippen LogP contribution in [-0.4, -0.2) is 17.4 Å². The molecule has 104 valence electrons. The van der Waals surface area contributed by atoms with Crippen molar-refractivity contribution in [1.82, 2.24) is 4.98 Å². The molecule has 3 nitrogen and oxygen atoms in total. The van der Waals surface area contributed by atoms with Crippen molar-refractivity contribution in [2.24, 2.45) is 0 Å². The molecule has 4 heteroatoms. The summed E-state index contributed by atoms with van der Waals surface area (Å²) >= 11 is 5.76. The van der Waals surface area contributed by atoms with Crippen LogP contribution in [0.15, 0.2) is 36.5 Å². The molecule has 0 aliphatic rings. The van der Waals surface area contributed by atoms with E-state index in [1.54, 1.807) is 17.0 Å². The van der Waals surface area contributed by atoms with Gasteiger partial charge in [0.1, 0.15) is 5.15 Å². The van der Waals surface area contributed by atoms with Gasteiger partial charge in [0.2, 0.25) is 0 Å². The maximum Gasteiger partial charge on any atom is 0.259 e. The van der Waals surface area contributed by atoms with Gasteiger partial charge >= 0.3 is 0 Å². The zero-order valence-electron chi connectivity index (χ0n) is 11.9. The molecule has 20 heavy (non-hydrogen) atoms. The van der Waals surface area contributed by atoms with Crippen LogP contribution in [0.3, 0.4) is 0 Å². The third kappa shape index (κ3) is 2.99. The quantitative estimate of drug-likeness (QED) is 0.799. The van der Waals surface area contributed by atoms with E-state index in [0.29, 0.717) is 17.3 Å². The van der Waals surface area contributed by atoms with Crippen LogP contribution in [0.4, 0.5) is 5.69 Å². The van der Waals surface area contributed by atoms with Crippen LogP contribution < -0.4 is 4.90 Å². The molecule has 2 rings (SSSR count). The maximum atomic E-state index is 12.6. The third-order valence-corrected chi connectivity index (χ3v) is 3.41. The second-order valence-electron chi connectivity index (χ2n) is 4.71. The smallest absolute Gasteiger partial charge is 0.259 e. The van der Waals surface area contributed by atoms with Gasteiger partial charge in [0, 0.05) is 18.4 Å². The molecule has 1 heterocycles. The van der Waals surface area contributed by atoms with Crippen LogP contribution in [0.5, 0.6) is 0 Å². The van der Waals surface area contributed by atoms with Crippen LogP contribution in [0.2, 0.25) is 5.15 Å². The van der Waals surface area contributed by atoms with Crippen molar-refractivity contribution in [2.45, 2.75) is 20.8 Å². The Balaban J connectivity index is 2.39. The molecule has 0 saturated carbocycles. The Hall–Kier alpha value is -1.87. The highest BCUT2D eigenvalue weighted by Crippen LogP contribution is 2.23. The summed E-state index contributed by atoms with van der Waals surface area (Å²) in [6.07, 6.45) is 1.51. The fourth-order valence-electron chi connectivity index (χ4n) is 2.09. The van der Waals surface area contributed by atoms with Crippen molar-refractivity contribution in [2.75, 3.05) is 11.4 Å².